The number of aliphatic imine (C=N–C) groups is 1. The molecule has 234 valence electrons. The second-order valence-corrected chi connectivity index (χ2v) is 9.95. The highest BCUT2D eigenvalue weighted by Crippen LogP contribution is 2.18. The van der Waals surface area contributed by atoms with E-state index in [0.29, 0.717) is 18.6 Å². The lowest BCUT2D eigenvalue weighted by atomic mass is 10.1. The molecular formula is C27H37N7O8S. The number of amides is 1. The number of isothiocyanates is 1. The summed E-state index contributed by atoms with van der Waals surface area (Å²) in [5.41, 5.74) is 2.07. The van der Waals surface area contributed by atoms with Crippen LogP contribution in [-0.2, 0) is 19.2 Å². The summed E-state index contributed by atoms with van der Waals surface area (Å²) >= 11 is 4.46. The number of carboxylic acid groups (broad SMARTS) is 3. The topological polar surface area (TPSA) is 208 Å². The van der Waals surface area contributed by atoms with E-state index in [1.54, 1.807) is 15.9 Å². The Hall–Kier alpha value is -4.21. The standard InChI is InChI=1S/C27H37N7O8S/c1-19-12-23(35)31-22-13-20(2-3-21(19)22)29-6-7-32(15-25(37)38)8-9-33(16-26(39)40)10-11-34(17-27(41)42)14-24(36)30-5-4-28-18-43/h2-3,12-13,29H,4-11,14-17H2,1H3,(H,30,36)(H,31,35)(H,37,38)(H,39,40)(H,41,42). The number of H-pyrrole nitrogens is 1. The minimum atomic E-state index is -1.14. The molecule has 0 spiro atoms. The highest BCUT2D eigenvalue weighted by molar-refractivity contribution is 7.78. The van der Waals surface area contributed by atoms with E-state index in [0.717, 1.165) is 16.6 Å². The number of hydrogen-bond acceptors (Lipinski definition) is 11. The predicted molar refractivity (Wildman–Crippen MR) is 163 cm³/mol. The summed E-state index contributed by atoms with van der Waals surface area (Å²) in [6.07, 6.45) is 0. The summed E-state index contributed by atoms with van der Waals surface area (Å²) < 4.78 is 0. The zero-order chi connectivity index (χ0) is 31.8. The predicted octanol–water partition coefficient (Wildman–Crippen LogP) is -0.373. The highest BCUT2D eigenvalue weighted by atomic mass is 32.1. The van der Waals surface area contributed by atoms with Gasteiger partial charge in [-0.2, -0.15) is 0 Å². The summed E-state index contributed by atoms with van der Waals surface area (Å²) in [7, 11) is 0. The number of aromatic nitrogens is 1. The maximum atomic E-state index is 12.2. The van der Waals surface area contributed by atoms with Crippen LogP contribution in [0.4, 0.5) is 5.69 Å². The molecule has 0 aliphatic heterocycles. The second-order valence-electron chi connectivity index (χ2n) is 9.77. The first-order valence-electron chi connectivity index (χ1n) is 13.5. The van der Waals surface area contributed by atoms with Crippen molar-refractivity contribution in [1.82, 2.24) is 25.0 Å². The monoisotopic (exact) mass is 619 g/mol. The van der Waals surface area contributed by atoms with Gasteiger partial charge < -0.3 is 30.9 Å². The minimum absolute atomic E-state index is 0.0924. The molecule has 0 aliphatic rings. The van der Waals surface area contributed by atoms with Crippen molar-refractivity contribution >= 4 is 57.8 Å². The normalized spacial score (nSPS) is 11.1. The molecule has 1 amide bonds. The highest BCUT2D eigenvalue weighted by Gasteiger charge is 2.18. The van der Waals surface area contributed by atoms with Crippen molar-refractivity contribution in [2.24, 2.45) is 4.99 Å². The fourth-order valence-corrected chi connectivity index (χ4v) is 4.44. The Bertz CT molecular complexity index is 1380. The van der Waals surface area contributed by atoms with Gasteiger partial charge >= 0.3 is 17.9 Å². The van der Waals surface area contributed by atoms with E-state index in [-0.39, 0.29) is 64.5 Å². The summed E-state index contributed by atoms with van der Waals surface area (Å²) in [6, 6.07) is 7.07. The number of thiocarbonyl (C=S) groups is 1. The molecule has 0 unspecified atom stereocenters. The average Bonchev–Trinajstić information content (AvgIpc) is 2.91. The van der Waals surface area contributed by atoms with Gasteiger partial charge in [0.2, 0.25) is 11.5 Å². The van der Waals surface area contributed by atoms with E-state index in [1.165, 1.54) is 11.0 Å². The lowest BCUT2D eigenvalue weighted by Gasteiger charge is -2.28. The van der Waals surface area contributed by atoms with Gasteiger partial charge in [-0.25, -0.2) is 4.99 Å². The summed E-state index contributed by atoms with van der Waals surface area (Å²) in [6.45, 7) is 2.40. The first-order chi connectivity index (χ1) is 20.5. The van der Waals surface area contributed by atoms with E-state index < -0.39 is 30.4 Å². The van der Waals surface area contributed by atoms with Crippen molar-refractivity contribution in [3.8, 4) is 0 Å². The molecule has 1 aromatic heterocycles. The Kier molecular flexibility index (Phi) is 14.9. The summed E-state index contributed by atoms with van der Waals surface area (Å²) in [4.78, 5) is 69.4. The van der Waals surface area contributed by atoms with E-state index in [9.17, 15) is 39.3 Å². The van der Waals surface area contributed by atoms with E-state index in [2.05, 4.69) is 38.0 Å². The van der Waals surface area contributed by atoms with Crippen molar-refractivity contribution in [2.75, 3.05) is 83.9 Å². The third kappa shape index (κ3) is 14.0. The SMILES string of the molecule is Cc1cc(=O)[nH]c2cc(NCCN(CCN(CCN(CC(=O)O)CC(=O)NCCN=C=S)CC(=O)O)CC(=O)O)ccc12. The number of rotatable bonds is 21. The number of aryl methyl sites for hydroxylation is 1. The number of fused-ring (bicyclic) bond motifs is 1. The number of nitrogens with zero attached hydrogens (tertiary/aromatic N) is 4. The van der Waals surface area contributed by atoms with Crippen molar-refractivity contribution in [3.63, 3.8) is 0 Å². The number of pyridine rings is 1. The van der Waals surface area contributed by atoms with Crippen LogP contribution in [0.5, 0.6) is 0 Å². The smallest absolute Gasteiger partial charge is 0.317 e. The van der Waals surface area contributed by atoms with Gasteiger partial charge in [-0.15, -0.1) is 0 Å². The molecule has 15 nitrogen and oxygen atoms in total. The first-order valence-corrected chi connectivity index (χ1v) is 13.9. The van der Waals surface area contributed by atoms with Crippen LogP contribution in [0, 0.1) is 6.92 Å². The Balaban J connectivity index is 1.97. The first kappa shape index (κ1) is 35.0. The summed E-state index contributed by atoms with van der Waals surface area (Å²) in [5.74, 6) is -3.70. The number of hydrogen-bond donors (Lipinski definition) is 6. The Morgan fingerprint density at radius 3 is 2.05 bits per heavy atom. The Labute approximate surface area is 253 Å². The quantitative estimate of drug-likeness (QED) is 0.0599. The maximum absolute atomic E-state index is 12.2. The molecule has 0 saturated carbocycles. The van der Waals surface area contributed by atoms with Gasteiger partial charge in [0.15, 0.2) is 0 Å². The molecule has 1 heterocycles. The Morgan fingerprint density at radius 2 is 1.44 bits per heavy atom. The lowest BCUT2D eigenvalue weighted by molar-refractivity contribution is -0.140. The molecule has 0 atom stereocenters. The Morgan fingerprint density at radius 1 is 0.860 bits per heavy atom. The fraction of sp³-hybridized carbons (Fsp3) is 0.481. The van der Waals surface area contributed by atoms with Gasteiger partial charge in [0.05, 0.1) is 43.4 Å². The third-order valence-electron chi connectivity index (χ3n) is 6.33. The van der Waals surface area contributed by atoms with Crippen LogP contribution < -0.4 is 16.2 Å². The molecule has 0 saturated heterocycles. The molecule has 6 N–H and O–H groups in total. The molecule has 2 rings (SSSR count). The van der Waals surface area contributed by atoms with Crippen molar-refractivity contribution < 1.29 is 34.5 Å². The van der Waals surface area contributed by atoms with E-state index >= 15 is 0 Å². The number of aromatic amines is 1. The molecule has 0 bridgehead atoms. The number of carbonyl (C=O) groups is 4. The van der Waals surface area contributed by atoms with Crippen LogP contribution in [0.1, 0.15) is 5.56 Å². The van der Waals surface area contributed by atoms with Crippen LogP contribution in [0.25, 0.3) is 10.9 Å². The van der Waals surface area contributed by atoms with Gasteiger partial charge in [-0.05, 0) is 36.8 Å². The second kappa shape index (κ2) is 18.4. The van der Waals surface area contributed by atoms with Crippen LogP contribution >= 0.6 is 12.2 Å². The van der Waals surface area contributed by atoms with Crippen LogP contribution in [0.3, 0.4) is 0 Å². The largest absolute Gasteiger partial charge is 0.480 e. The number of carboxylic acids is 3. The van der Waals surface area contributed by atoms with Crippen molar-refractivity contribution in [2.45, 2.75) is 6.92 Å². The number of carbonyl (C=O) groups excluding carboxylic acids is 1. The summed E-state index contributed by atoms with van der Waals surface area (Å²) in [5, 5.41) is 37.0. The van der Waals surface area contributed by atoms with Crippen LogP contribution in [-0.4, -0.2) is 143 Å². The molecule has 2 aromatic rings. The third-order valence-corrected chi connectivity index (χ3v) is 6.46. The molecule has 43 heavy (non-hydrogen) atoms. The van der Waals surface area contributed by atoms with Gasteiger partial charge in [-0.1, -0.05) is 6.07 Å². The van der Waals surface area contributed by atoms with Gasteiger partial charge in [0.1, 0.15) is 0 Å². The lowest BCUT2D eigenvalue weighted by Crippen LogP contribution is -2.46. The average molecular weight is 620 g/mol. The van der Waals surface area contributed by atoms with Crippen molar-refractivity contribution in [1.29, 1.82) is 0 Å². The van der Waals surface area contributed by atoms with Gasteiger partial charge in [0.25, 0.3) is 0 Å². The van der Waals surface area contributed by atoms with Gasteiger partial charge in [-0.3, -0.25) is 38.7 Å². The molecule has 16 heteroatoms. The molecule has 0 aliphatic carbocycles. The number of anilines is 1. The van der Waals surface area contributed by atoms with Crippen LogP contribution in [0.2, 0.25) is 0 Å². The van der Waals surface area contributed by atoms with E-state index in [4.69, 9.17) is 0 Å². The minimum Gasteiger partial charge on any atom is -0.480 e. The molecule has 1 aromatic carbocycles. The molecule has 0 radical (unpaired) electrons. The number of benzene rings is 1. The van der Waals surface area contributed by atoms with E-state index in [1.807, 2.05) is 19.1 Å². The van der Waals surface area contributed by atoms with Crippen molar-refractivity contribution in [3.05, 3.63) is 40.2 Å². The zero-order valence-corrected chi connectivity index (χ0v) is 24.7. The molecule has 0 fully saturated rings. The maximum Gasteiger partial charge on any atom is 0.317 e. The number of aliphatic carboxylic acids is 3. The van der Waals surface area contributed by atoms with Crippen LogP contribution in [0.15, 0.2) is 34.1 Å². The number of nitrogens with one attached hydrogen (secondary N) is 3. The molecular weight excluding hydrogens is 582 g/mol. The fourth-order valence-electron chi connectivity index (χ4n) is 4.35. The van der Waals surface area contributed by atoms with Gasteiger partial charge in [0, 0.05) is 63.0 Å². The zero-order valence-electron chi connectivity index (χ0n) is 23.9.